The van der Waals surface area contributed by atoms with Crippen molar-refractivity contribution in [2.75, 3.05) is 0 Å². The smallest absolute Gasteiger partial charge is 0.269 e. The van der Waals surface area contributed by atoms with E-state index >= 15 is 0 Å². The summed E-state index contributed by atoms with van der Waals surface area (Å²) in [6.45, 7) is 2.06. The molecule has 2 rings (SSSR count). The molecular weight excluding hydrogens is 206 g/mol. The molecule has 0 aromatic heterocycles. The molecule has 1 fully saturated rings. The summed E-state index contributed by atoms with van der Waals surface area (Å²) in [5.41, 5.74) is 1.22. The molecule has 1 aliphatic carbocycles. The van der Waals surface area contributed by atoms with Crippen molar-refractivity contribution < 1.29 is 10.0 Å². The van der Waals surface area contributed by atoms with Gasteiger partial charge in [0.25, 0.3) is 5.69 Å². The van der Waals surface area contributed by atoms with E-state index in [9.17, 15) is 15.2 Å². The molecule has 0 aliphatic heterocycles. The number of aliphatic hydroxyl groups is 1. The molecule has 1 saturated carbocycles. The minimum Gasteiger partial charge on any atom is -0.393 e. The topological polar surface area (TPSA) is 63.4 Å². The van der Waals surface area contributed by atoms with Crippen LogP contribution in [-0.4, -0.2) is 16.1 Å². The Balaban J connectivity index is 2.14. The largest absolute Gasteiger partial charge is 0.393 e. The first-order valence-corrected chi connectivity index (χ1v) is 5.56. The van der Waals surface area contributed by atoms with Crippen molar-refractivity contribution in [3.05, 3.63) is 39.9 Å². The molecule has 1 aromatic carbocycles. The van der Waals surface area contributed by atoms with Crippen LogP contribution >= 0.6 is 0 Å². The summed E-state index contributed by atoms with van der Waals surface area (Å²) in [5, 5.41) is 20.1. The minimum absolute atomic E-state index is 0.122. The van der Waals surface area contributed by atoms with Crippen molar-refractivity contribution in [1.82, 2.24) is 0 Å². The van der Waals surface area contributed by atoms with Gasteiger partial charge in [0.15, 0.2) is 0 Å². The second-order valence-corrected chi connectivity index (χ2v) is 4.33. The zero-order valence-corrected chi connectivity index (χ0v) is 9.17. The Bertz CT molecular complexity index is 388. The summed E-state index contributed by atoms with van der Waals surface area (Å²) in [4.78, 5) is 10.1. The molecular formula is C12H15NO3. The van der Waals surface area contributed by atoms with Crippen molar-refractivity contribution in [1.29, 1.82) is 0 Å². The number of nitro benzene ring substituents is 1. The lowest BCUT2D eigenvalue weighted by atomic mass is 9.66. The average Bonchev–Trinajstić information content (AvgIpc) is 2.26. The number of hydrogen-bond acceptors (Lipinski definition) is 3. The predicted molar refractivity (Wildman–Crippen MR) is 60.2 cm³/mol. The lowest BCUT2D eigenvalue weighted by molar-refractivity contribution is -0.384. The van der Waals surface area contributed by atoms with E-state index in [1.807, 2.05) is 0 Å². The van der Waals surface area contributed by atoms with Gasteiger partial charge in [0.05, 0.1) is 11.0 Å². The molecule has 1 N–H and O–H groups in total. The van der Waals surface area contributed by atoms with Gasteiger partial charge in [-0.05, 0) is 23.8 Å². The lowest BCUT2D eigenvalue weighted by Crippen LogP contribution is -2.38. The predicted octanol–water partition coefficient (Wildman–Crippen LogP) is 2.47. The second-order valence-electron chi connectivity index (χ2n) is 4.33. The standard InChI is InChI=1S/C12H15NO3/c1-2-10-11(7-12(10)14)8-3-5-9(6-4-8)13(15)16/h3-6,10-12,14H,2,7H2,1H3. The van der Waals surface area contributed by atoms with Crippen LogP contribution in [0.4, 0.5) is 5.69 Å². The van der Waals surface area contributed by atoms with Gasteiger partial charge in [0, 0.05) is 12.1 Å². The monoisotopic (exact) mass is 221 g/mol. The first-order chi connectivity index (χ1) is 7.63. The Morgan fingerprint density at radius 3 is 2.50 bits per heavy atom. The normalized spacial score (nSPS) is 28.5. The molecule has 16 heavy (non-hydrogen) atoms. The molecule has 3 unspecified atom stereocenters. The first-order valence-electron chi connectivity index (χ1n) is 5.56. The number of nitro groups is 1. The van der Waals surface area contributed by atoms with Gasteiger partial charge in [-0.25, -0.2) is 0 Å². The van der Waals surface area contributed by atoms with Gasteiger partial charge < -0.3 is 5.11 Å². The van der Waals surface area contributed by atoms with Gasteiger partial charge in [-0.2, -0.15) is 0 Å². The van der Waals surface area contributed by atoms with E-state index in [0.717, 1.165) is 18.4 Å². The van der Waals surface area contributed by atoms with Gasteiger partial charge in [0.1, 0.15) is 0 Å². The molecule has 0 saturated heterocycles. The van der Waals surface area contributed by atoms with E-state index in [4.69, 9.17) is 0 Å². The van der Waals surface area contributed by atoms with Gasteiger partial charge in [-0.3, -0.25) is 10.1 Å². The summed E-state index contributed by atoms with van der Waals surface area (Å²) < 4.78 is 0. The van der Waals surface area contributed by atoms with Crippen LogP contribution in [0.25, 0.3) is 0 Å². The van der Waals surface area contributed by atoms with Crippen LogP contribution in [0.3, 0.4) is 0 Å². The summed E-state index contributed by atoms with van der Waals surface area (Å²) in [5.74, 6) is 0.669. The highest BCUT2D eigenvalue weighted by atomic mass is 16.6. The zero-order chi connectivity index (χ0) is 11.7. The fraction of sp³-hybridized carbons (Fsp3) is 0.500. The first kappa shape index (κ1) is 11.1. The third-order valence-electron chi connectivity index (χ3n) is 3.51. The van der Waals surface area contributed by atoms with Crippen LogP contribution in [-0.2, 0) is 0 Å². The lowest BCUT2D eigenvalue weighted by Gasteiger charge is -2.41. The van der Waals surface area contributed by atoms with Crippen molar-refractivity contribution in [2.45, 2.75) is 31.8 Å². The van der Waals surface area contributed by atoms with E-state index in [1.54, 1.807) is 12.1 Å². The molecule has 0 amide bonds. The van der Waals surface area contributed by atoms with E-state index in [2.05, 4.69) is 6.92 Å². The van der Waals surface area contributed by atoms with Crippen LogP contribution in [0.15, 0.2) is 24.3 Å². The fourth-order valence-corrected chi connectivity index (χ4v) is 2.47. The van der Waals surface area contributed by atoms with E-state index in [0.29, 0.717) is 11.8 Å². The highest BCUT2D eigenvalue weighted by molar-refractivity contribution is 5.35. The highest BCUT2D eigenvalue weighted by Gasteiger charge is 2.39. The van der Waals surface area contributed by atoms with E-state index in [1.165, 1.54) is 12.1 Å². The molecule has 0 radical (unpaired) electrons. The van der Waals surface area contributed by atoms with Crippen molar-refractivity contribution in [2.24, 2.45) is 5.92 Å². The van der Waals surface area contributed by atoms with Gasteiger partial charge in [-0.1, -0.05) is 25.5 Å². The van der Waals surface area contributed by atoms with E-state index < -0.39 is 4.92 Å². The van der Waals surface area contributed by atoms with E-state index in [-0.39, 0.29) is 11.8 Å². The van der Waals surface area contributed by atoms with Crippen LogP contribution in [0.1, 0.15) is 31.2 Å². The van der Waals surface area contributed by atoms with Crippen LogP contribution in [0.5, 0.6) is 0 Å². The second kappa shape index (κ2) is 4.22. The fourth-order valence-electron chi connectivity index (χ4n) is 2.47. The molecule has 1 aromatic rings. The minimum atomic E-state index is -0.392. The Morgan fingerprint density at radius 1 is 1.44 bits per heavy atom. The molecule has 4 nitrogen and oxygen atoms in total. The molecule has 1 aliphatic rings. The highest BCUT2D eigenvalue weighted by Crippen LogP contribution is 2.44. The Labute approximate surface area is 94.1 Å². The van der Waals surface area contributed by atoms with Crippen LogP contribution in [0.2, 0.25) is 0 Å². The Morgan fingerprint density at radius 2 is 2.06 bits per heavy atom. The molecule has 0 heterocycles. The Hall–Kier alpha value is -1.42. The maximum absolute atomic E-state index is 10.5. The third kappa shape index (κ3) is 1.80. The molecule has 0 spiro atoms. The number of non-ortho nitro benzene ring substituents is 1. The maximum atomic E-state index is 10.5. The molecule has 86 valence electrons. The molecule has 0 bridgehead atoms. The SMILES string of the molecule is CCC1C(O)CC1c1ccc([N+](=O)[O-])cc1. The third-order valence-corrected chi connectivity index (χ3v) is 3.51. The number of benzene rings is 1. The molecule has 4 heteroatoms. The van der Waals surface area contributed by atoms with Gasteiger partial charge >= 0.3 is 0 Å². The summed E-state index contributed by atoms with van der Waals surface area (Å²) in [6.07, 6.45) is 1.52. The van der Waals surface area contributed by atoms with Gasteiger partial charge in [0.2, 0.25) is 0 Å². The summed E-state index contributed by atoms with van der Waals surface area (Å²) in [7, 11) is 0. The summed E-state index contributed by atoms with van der Waals surface area (Å²) in [6, 6.07) is 6.67. The molecule has 3 atom stereocenters. The van der Waals surface area contributed by atoms with Crippen molar-refractivity contribution >= 4 is 5.69 Å². The van der Waals surface area contributed by atoms with Crippen LogP contribution in [0, 0.1) is 16.0 Å². The average molecular weight is 221 g/mol. The van der Waals surface area contributed by atoms with Crippen molar-refractivity contribution in [3.8, 4) is 0 Å². The Kier molecular flexibility index (Phi) is 2.92. The number of hydrogen-bond donors (Lipinski definition) is 1. The quantitative estimate of drug-likeness (QED) is 0.630. The van der Waals surface area contributed by atoms with Crippen molar-refractivity contribution in [3.63, 3.8) is 0 Å². The number of nitrogens with zero attached hydrogens (tertiary/aromatic N) is 1. The van der Waals surface area contributed by atoms with Crippen LogP contribution < -0.4 is 0 Å². The number of rotatable bonds is 3. The zero-order valence-electron chi connectivity index (χ0n) is 9.17. The van der Waals surface area contributed by atoms with Gasteiger partial charge in [-0.15, -0.1) is 0 Å². The maximum Gasteiger partial charge on any atom is 0.269 e. The number of aliphatic hydroxyl groups excluding tert-OH is 1. The summed E-state index contributed by atoms with van der Waals surface area (Å²) >= 11 is 0.